The highest BCUT2D eigenvalue weighted by atomic mass is 32.2. The van der Waals surface area contributed by atoms with E-state index >= 15 is 4.79 Å². The largest absolute Gasteiger partial charge is 0.368 e. The number of carbonyl (C=O) groups is 3. The summed E-state index contributed by atoms with van der Waals surface area (Å²) in [5.74, 6) is -2.47. The minimum atomic E-state index is -4.69. The van der Waals surface area contributed by atoms with Crippen molar-refractivity contribution in [2.75, 3.05) is 7.05 Å². The number of fused-ring (bicyclic) bond motifs is 1. The van der Waals surface area contributed by atoms with Crippen LogP contribution >= 0.6 is 0 Å². The number of primary amides is 1. The summed E-state index contributed by atoms with van der Waals surface area (Å²) in [6.45, 7) is 3.73. The molecule has 2 atom stereocenters. The number of H-pyrrole nitrogens is 1. The first kappa shape index (κ1) is 34.8. The van der Waals surface area contributed by atoms with Crippen LogP contribution in [0, 0.1) is 13.8 Å². The molecule has 2 aromatic heterocycles. The number of hydrogen-bond donors (Lipinski definition) is 2. The van der Waals surface area contributed by atoms with Crippen molar-refractivity contribution in [1.82, 2.24) is 23.7 Å². The monoisotopic (exact) mass is 702 g/mol. The van der Waals surface area contributed by atoms with Crippen molar-refractivity contribution in [2.24, 2.45) is 5.73 Å². The molecule has 260 valence electrons. The SMILES string of the molecule is Cc1cc(C)cc(C(=O)N(C)[C@@H](Cc2ccc(-n3ccnc3)cc2)C(=O)N([C@@H](Cc2c[nH]c3ccccc23)C(N)=O)S(=O)(=O)c2ccccc2)c1. The van der Waals surface area contributed by atoms with Crippen LogP contribution in [0.4, 0.5) is 0 Å². The van der Waals surface area contributed by atoms with E-state index in [-0.39, 0.29) is 17.7 Å². The highest BCUT2D eigenvalue weighted by Gasteiger charge is 2.44. The molecule has 0 radical (unpaired) electrons. The quantitative estimate of drug-likeness (QED) is 0.184. The molecule has 6 aromatic rings. The number of aromatic nitrogens is 3. The predicted molar refractivity (Wildman–Crippen MR) is 195 cm³/mol. The lowest BCUT2D eigenvalue weighted by atomic mass is 10.00. The minimum Gasteiger partial charge on any atom is -0.368 e. The molecule has 0 unspecified atom stereocenters. The maximum Gasteiger partial charge on any atom is 0.267 e. The van der Waals surface area contributed by atoms with Gasteiger partial charge < -0.3 is 20.2 Å². The average molecular weight is 703 g/mol. The van der Waals surface area contributed by atoms with Crippen molar-refractivity contribution in [3.05, 3.63) is 150 Å². The van der Waals surface area contributed by atoms with E-state index in [0.717, 1.165) is 27.7 Å². The van der Waals surface area contributed by atoms with Crippen LogP contribution in [0.5, 0.6) is 0 Å². The normalized spacial score (nSPS) is 12.7. The molecule has 0 bridgehead atoms. The summed E-state index contributed by atoms with van der Waals surface area (Å²) in [5.41, 5.74) is 10.9. The van der Waals surface area contributed by atoms with Gasteiger partial charge in [0.05, 0.1) is 11.2 Å². The molecule has 0 saturated carbocycles. The second kappa shape index (κ2) is 14.5. The van der Waals surface area contributed by atoms with E-state index < -0.39 is 39.8 Å². The molecule has 2 heterocycles. The topological polar surface area (TPSA) is 151 Å². The highest BCUT2D eigenvalue weighted by molar-refractivity contribution is 7.89. The Morgan fingerprint density at radius 1 is 0.863 bits per heavy atom. The summed E-state index contributed by atoms with van der Waals surface area (Å²) < 4.78 is 31.6. The number of aromatic amines is 1. The summed E-state index contributed by atoms with van der Waals surface area (Å²) in [5, 5.41) is 0.755. The summed E-state index contributed by atoms with van der Waals surface area (Å²) in [6, 6.07) is 24.4. The Morgan fingerprint density at radius 3 is 2.18 bits per heavy atom. The number of sulfonamides is 1. The van der Waals surface area contributed by atoms with Crippen LogP contribution in [-0.2, 0) is 32.5 Å². The van der Waals surface area contributed by atoms with E-state index in [1.54, 1.807) is 55.2 Å². The molecular formula is C39H38N6O5S. The number of carbonyl (C=O) groups excluding carboxylic acids is 3. The highest BCUT2D eigenvalue weighted by Crippen LogP contribution is 2.27. The number of nitrogens with zero attached hydrogens (tertiary/aromatic N) is 4. The Balaban J connectivity index is 1.47. The lowest BCUT2D eigenvalue weighted by Crippen LogP contribution is -2.58. The molecule has 0 aliphatic heterocycles. The molecule has 6 rings (SSSR count). The number of para-hydroxylation sites is 1. The van der Waals surface area contributed by atoms with Gasteiger partial charge in [-0.3, -0.25) is 14.4 Å². The maximum absolute atomic E-state index is 15.1. The van der Waals surface area contributed by atoms with Gasteiger partial charge in [-0.05, 0) is 67.4 Å². The van der Waals surface area contributed by atoms with Crippen LogP contribution in [0.15, 0.2) is 127 Å². The van der Waals surface area contributed by atoms with Crippen molar-refractivity contribution in [1.29, 1.82) is 0 Å². The summed E-state index contributed by atoms with van der Waals surface area (Å²) in [7, 11) is -3.22. The summed E-state index contributed by atoms with van der Waals surface area (Å²) in [4.78, 5) is 50.9. The number of rotatable bonds is 12. The number of likely N-dealkylation sites (N-methyl/N-ethyl adjacent to an activating group) is 1. The molecule has 11 nitrogen and oxygen atoms in total. The van der Waals surface area contributed by atoms with E-state index in [0.29, 0.717) is 21.0 Å². The first-order valence-corrected chi connectivity index (χ1v) is 17.8. The lowest BCUT2D eigenvalue weighted by Gasteiger charge is -2.35. The number of amides is 3. The van der Waals surface area contributed by atoms with Crippen LogP contribution in [0.1, 0.15) is 32.6 Å². The zero-order valence-corrected chi connectivity index (χ0v) is 29.2. The number of benzene rings is 4. The van der Waals surface area contributed by atoms with Crippen LogP contribution < -0.4 is 5.73 Å². The van der Waals surface area contributed by atoms with Crippen LogP contribution in [0.2, 0.25) is 0 Å². The second-order valence-electron chi connectivity index (χ2n) is 12.6. The number of aryl methyl sites for hydroxylation is 2. The van der Waals surface area contributed by atoms with Crippen molar-refractivity contribution in [3.63, 3.8) is 0 Å². The van der Waals surface area contributed by atoms with Crippen LogP contribution in [-0.4, -0.2) is 69.0 Å². The molecule has 3 amide bonds. The van der Waals surface area contributed by atoms with Gasteiger partial charge in [0.2, 0.25) is 5.91 Å². The van der Waals surface area contributed by atoms with Gasteiger partial charge in [-0.25, -0.2) is 17.7 Å². The molecular weight excluding hydrogens is 665 g/mol. The van der Waals surface area contributed by atoms with Crippen molar-refractivity contribution >= 4 is 38.6 Å². The zero-order valence-electron chi connectivity index (χ0n) is 28.4. The van der Waals surface area contributed by atoms with Crippen LogP contribution in [0.3, 0.4) is 0 Å². The fraction of sp³-hybridized carbons (Fsp3) is 0.179. The fourth-order valence-electron chi connectivity index (χ4n) is 6.37. The molecule has 4 aromatic carbocycles. The summed E-state index contributed by atoms with van der Waals surface area (Å²) in [6.07, 6.45) is 6.52. The molecule has 51 heavy (non-hydrogen) atoms. The van der Waals surface area contributed by atoms with Crippen molar-refractivity contribution in [3.8, 4) is 5.69 Å². The van der Waals surface area contributed by atoms with Crippen molar-refractivity contribution < 1.29 is 22.8 Å². The Morgan fingerprint density at radius 2 is 1.53 bits per heavy atom. The Kier molecular flexibility index (Phi) is 9.88. The van der Waals surface area contributed by atoms with Gasteiger partial charge in [-0.1, -0.05) is 65.7 Å². The Bertz CT molecular complexity index is 2280. The number of nitrogens with two attached hydrogens (primary N) is 1. The van der Waals surface area contributed by atoms with Crippen LogP contribution in [0.25, 0.3) is 16.6 Å². The smallest absolute Gasteiger partial charge is 0.267 e. The van der Waals surface area contributed by atoms with Gasteiger partial charge in [0.25, 0.3) is 21.8 Å². The zero-order chi connectivity index (χ0) is 36.3. The average Bonchev–Trinajstić information content (AvgIpc) is 3.81. The third-order valence-corrected chi connectivity index (χ3v) is 10.7. The number of imidazole rings is 1. The molecule has 0 aliphatic carbocycles. The van der Waals surface area contributed by atoms with Gasteiger partial charge >= 0.3 is 0 Å². The number of hydrogen-bond acceptors (Lipinski definition) is 6. The van der Waals surface area contributed by atoms with Gasteiger partial charge in [0.1, 0.15) is 12.1 Å². The van der Waals surface area contributed by atoms with Gasteiger partial charge in [0.15, 0.2) is 0 Å². The molecule has 0 fully saturated rings. The Labute approximate surface area is 296 Å². The minimum absolute atomic E-state index is 0.0601. The van der Waals surface area contributed by atoms with Crippen molar-refractivity contribution in [2.45, 2.75) is 43.7 Å². The van der Waals surface area contributed by atoms with E-state index in [1.807, 2.05) is 60.9 Å². The molecule has 0 spiro atoms. The Hall–Kier alpha value is -6.01. The van der Waals surface area contributed by atoms with Gasteiger partial charge in [0, 0.05) is 60.6 Å². The molecule has 3 N–H and O–H groups in total. The van der Waals surface area contributed by atoms with E-state index in [4.69, 9.17) is 5.73 Å². The van der Waals surface area contributed by atoms with Gasteiger partial charge in [-0.2, -0.15) is 0 Å². The number of nitrogens with one attached hydrogen (secondary N) is 1. The lowest BCUT2D eigenvalue weighted by molar-refractivity contribution is -0.137. The maximum atomic E-state index is 15.1. The first-order valence-electron chi connectivity index (χ1n) is 16.3. The third kappa shape index (κ3) is 7.31. The third-order valence-electron chi connectivity index (χ3n) is 8.93. The van der Waals surface area contributed by atoms with E-state index in [2.05, 4.69) is 9.97 Å². The second-order valence-corrected chi connectivity index (χ2v) is 14.4. The van der Waals surface area contributed by atoms with Gasteiger partial charge in [-0.15, -0.1) is 0 Å². The molecule has 12 heteroatoms. The molecule has 0 aliphatic rings. The van der Waals surface area contributed by atoms with E-state index in [1.165, 1.54) is 36.2 Å². The molecule has 0 saturated heterocycles. The predicted octanol–water partition coefficient (Wildman–Crippen LogP) is 4.97. The first-order chi connectivity index (χ1) is 24.4. The standard InChI is InChI=1S/C39H38N6O5S/c1-26-19-27(2)21-29(20-26)38(47)43(3)36(22-28-13-15-31(16-14-28)44-18-17-41-25-44)39(48)45(51(49,50)32-9-5-4-6-10-32)35(37(40)46)23-30-24-42-34-12-8-7-11-33(30)34/h4-21,24-25,35-36,42H,22-23H2,1-3H3,(H2,40,46)/t35-,36-/m0/s1. The summed E-state index contributed by atoms with van der Waals surface area (Å²) >= 11 is 0. The fourth-order valence-corrected chi connectivity index (χ4v) is 7.97. The van der Waals surface area contributed by atoms with E-state index in [9.17, 15) is 18.0 Å².